The van der Waals surface area contributed by atoms with Crippen LogP contribution in [0.4, 0.5) is 5.69 Å². The first-order valence-corrected chi connectivity index (χ1v) is 6.37. The van der Waals surface area contributed by atoms with Crippen molar-refractivity contribution in [3.05, 3.63) is 59.2 Å². The molecule has 0 saturated heterocycles. The molecule has 0 saturated carbocycles. The molecule has 0 atom stereocenters. The van der Waals surface area contributed by atoms with E-state index in [4.69, 9.17) is 4.74 Å². The number of fused-ring (bicyclic) bond motifs is 1. The quantitative estimate of drug-likeness (QED) is 0.884. The SMILES string of the molecule is Cc1ccccc1CNc1ccc2c(c1)CCO2. The van der Waals surface area contributed by atoms with Crippen LogP contribution in [0.2, 0.25) is 0 Å². The number of nitrogens with one attached hydrogen (secondary N) is 1. The highest BCUT2D eigenvalue weighted by molar-refractivity contribution is 5.52. The Bertz CT molecular complexity index is 563. The van der Waals surface area contributed by atoms with Crippen molar-refractivity contribution in [3.63, 3.8) is 0 Å². The number of anilines is 1. The van der Waals surface area contributed by atoms with Gasteiger partial charge in [0.25, 0.3) is 0 Å². The fourth-order valence-electron chi connectivity index (χ4n) is 2.30. The van der Waals surface area contributed by atoms with Gasteiger partial charge in [-0.1, -0.05) is 24.3 Å². The molecule has 1 N–H and O–H groups in total. The van der Waals surface area contributed by atoms with Crippen molar-refractivity contribution in [3.8, 4) is 5.75 Å². The summed E-state index contributed by atoms with van der Waals surface area (Å²) in [5.41, 5.74) is 5.15. The Kier molecular flexibility index (Phi) is 2.93. The summed E-state index contributed by atoms with van der Waals surface area (Å²) in [6.45, 7) is 3.83. The van der Waals surface area contributed by atoms with Gasteiger partial charge in [0.15, 0.2) is 0 Å². The maximum absolute atomic E-state index is 5.51. The molecule has 92 valence electrons. The highest BCUT2D eigenvalue weighted by Crippen LogP contribution is 2.28. The third-order valence-electron chi connectivity index (χ3n) is 3.43. The number of rotatable bonds is 3. The van der Waals surface area contributed by atoms with Gasteiger partial charge in [0.05, 0.1) is 6.61 Å². The summed E-state index contributed by atoms with van der Waals surface area (Å²) in [6, 6.07) is 14.8. The molecule has 3 rings (SSSR count). The molecule has 1 heterocycles. The zero-order chi connectivity index (χ0) is 12.4. The van der Waals surface area contributed by atoms with E-state index in [2.05, 4.69) is 54.7 Å². The van der Waals surface area contributed by atoms with Gasteiger partial charge in [-0.05, 0) is 41.8 Å². The maximum atomic E-state index is 5.51. The van der Waals surface area contributed by atoms with Gasteiger partial charge in [-0.25, -0.2) is 0 Å². The molecule has 2 aromatic rings. The lowest BCUT2D eigenvalue weighted by atomic mass is 10.1. The first-order chi connectivity index (χ1) is 8.83. The van der Waals surface area contributed by atoms with Gasteiger partial charge in [0.2, 0.25) is 0 Å². The summed E-state index contributed by atoms with van der Waals surface area (Å²) in [7, 11) is 0. The van der Waals surface area contributed by atoms with Gasteiger partial charge in [0.1, 0.15) is 5.75 Å². The fraction of sp³-hybridized carbons (Fsp3) is 0.250. The second-order valence-electron chi connectivity index (χ2n) is 4.70. The predicted molar refractivity (Wildman–Crippen MR) is 74.1 cm³/mol. The molecule has 1 aliphatic rings. The zero-order valence-electron chi connectivity index (χ0n) is 10.6. The highest BCUT2D eigenvalue weighted by Gasteiger charge is 2.11. The summed E-state index contributed by atoms with van der Waals surface area (Å²) < 4.78 is 5.51. The van der Waals surface area contributed by atoms with Gasteiger partial charge in [-0.3, -0.25) is 0 Å². The van der Waals surface area contributed by atoms with Crippen molar-refractivity contribution in [2.45, 2.75) is 19.9 Å². The van der Waals surface area contributed by atoms with E-state index < -0.39 is 0 Å². The summed E-state index contributed by atoms with van der Waals surface area (Å²) >= 11 is 0. The van der Waals surface area contributed by atoms with Crippen LogP contribution < -0.4 is 10.1 Å². The average molecular weight is 239 g/mol. The van der Waals surface area contributed by atoms with Gasteiger partial charge in [-0.15, -0.1) is 0 Å². The lowest BCUT2D eigenvalue weighted by molar-refractivity contribution is 0.357. The minimum Gasteiger partial charge on any atom is -0.493 e. The van der Waals surface area contributed by atoms with Crippen LogP contribution in [0.3, 0.4) is 0 Å². The number of ether oxygens (including phenoxy) is 1. The predicted octanol–water partition coefficient (Wildman–Crippen LogP) is 3.54. The van der Waals surface area contributed by atoms with Crippen molar-refractivity contribution in [1.82, 2.24) is 0 Å². The molecule has 2 aromatic carbocycles. The van der Waals surface area contributed by atoms with Gasteiger partial charge in [0, 0.05) is 18.7 Å². The number of hydrogen-bond acceptors (Lipinski definition) is 2. The van der Waals surface area contributed by atoms with Crippen LogP contribution in [0.25, 0.3) is 0 Å². The van der Waals surface area contributed by atoms with Crippen molar-refractivity contribution in [1.29, 1.82) is 0 Å². The second kappa shape index (κ2) is 4.73. The Morgan fingerprint density at radius 3 is 2.94 bits per heavy atom. The molecule has 1 aliphatic heterocycles. The molecule has 0 fully saturated rings. The van der Waals surface area contributed by atoms with E-state index in [0.717, 1.165) is 25.3 Å². The molecule has 0 amide bonds. The van der Waals surface area contributed by atoms with Crippen LogP contribution in [-0.4, -0.2) is 6.61 Å². The maximum Gasteiger partial charge on any atom is 0.122 e. The standard InChI is InChI=1S/C16H17NO/c1-12-4-2-3-5-14(12)11-17-15-6-7-16-13(10-15)8-9-18-16/h2-7,10,17H,8-9,11H2,1H3. The van der Waals surface area contributed by atoms with Crippen molar-refractivity contribution in [2.75, 3.05) is 11.9 Å². The zero-order valence-corrected chi connectivity index (χ0v) is 10.6. The number of benzene rings is 2. The molecule has 2 nitrogen and oxygen atoms in total. The third kappa shape index (κ3) is 2.19. The Morgan fingerprint density at radius 1 is 1.17 bits per heavy atom. The minimum atomic E-state index is 0.816. The van der Waals surface area contributed by atoms with Crippen LogP contribution in [0.5, 0.6) is 5.75 Å². The van der Waals surface area contributed by atoms with Gasteiger partial charge in [-0.2, -0.15) is 0 Å². The lowest BCUT2D eigenvalue weighted by Crippen LogP contribution is -2.01. The molecule has 18 heavy (non-hydrogen) atoms. The van der Waals surface area contributed by atoms with Crippen LogP contribution in [0, 0.1) is 6.92 Å². The number of aryl methyl sites for hydroxylation is 1. The highest BCUT2D eigenvalue weighted by atomic mass is 16.5. The third-order valence-corrected chi connectivity index (χ3v) is 3.43. The van der Waals surface area contributed by atoms with E-state index in [9.17, 15) is 0 Å². The molecule has 0 bridgehead atoms. The van der Waals surface area contributed by atoms with Crippen LogP contribution in [0.15, 0.2) is 42.5 Å². The summed E-state index contributed by atoms with van der Waals surface area (Å²) in [4.78, 5) is 0. The second-order valence-corrected chi connectivity index (χ2v) is 4.70. The Labute approximate surface area is 108 Å². The molecule has 0 unspecified atom stereocenters. The summed E-state index contributed by atoms with van der Waals surface area (Å²) in [6.07, 6.45) is 1.02. The average Bonchev–Trinajstić information content (AvgIpc) is 2.85. The Balaban J connectivity index is 1.72. The van der Waals surface area contributed by atoms with E-state index in [1.165, 1.54) is 22.4 Å². The fourth-order valence-corrected chi connectivity index (χ4v) is 2.30. The van der Waals surface area contributed by atoms with Crippen molar-refractivity contribution < 1.29 is 4.74 Å². The molecule has 0 spiro atoms. The normalized spacial score (nSPS) is 12.9. The van der Waals surface area contributed by atoms with Crippen LogP contribution in [-0.2, 0) is 13.0 Å². The number of hydrogen-bond donors (Lipinski definition) is 1. The Morgan fingerprint density at radius 2 is 2.06 bits per heavy atom. The molecule has 0 radical (unpaired) electrons. The Hall–Kier alpha value is -1.96. The van der Waals surface area contributed by atoms with E-state index in [0.29, 0.717) is 0 Å². The van der Waals surface area contributed by atoms with E-state index in [-0.39, 0.29) is 0 Å². The monoisotopic (exact) mass is 239 g/mol. The topological polar surface area (TPSA) is 21.3 Å². The smallest absolute Gasteiger partial charge is 0.122 e. The van der Waals surface area contributed by atoms with Crippen LogP contribution in [0.1, 0.15) is 16.7 Å². The van der Waals surface area contributed by atoms with E-state index in [1.807, 2.05) is 0 Å². The van der Waals surface area contributed by atoms with E-state index in [1.54, 1.807) is 0 Å². The molecular weight excluding hydrogens is 222 g/mol. The molecule has 0 aromatic heterocycles. The summed E-state index contributed by atoms with van der Waals surface area (Å²) in [5.74, 6) is 1.04. The molecule has 0 aliphatic carbocycles. The van der Waals surface area contributed by atoms with Gasteiger partial charge < -0.3 is 10.1 Å². The molecule has 2 heteroatoms. The van der Waals surface area contributed by atoms with Crippen molar-refractivity contribution >= 4 is 5.69 Å². The first-order valence-electron chi connectivity index (χ1n) is 6.37. The van der Waals surface area contributed by atoms with Crippen LogP contribution >= 0.6 is 0 Å². The van der Waals surface area contributed by atoms with E-state index >= 15 is 0 Å². The first kappa shape index (κ1) is 11.1. The largest absolute Gasteiger partial charge is 0.493 e. The van der Waals surface area contributed by atoms with Gasteiger partial charge >= 0.3 is 0 Å². The summed E-state index contributed by atoms with van der Waals surface area (Å²) in [5, 5.41) is 3.48. The lowest BCUT2D eigenvalue weighted by Gasteiger charge is -2.10. The molecular formula is C16H17NO. The minimum absolute atomic E-state index is 0.816. The van der Waals surface area contributed by atoms with Crippen molar-refractivity contribution in [2.24, 2.45) is 0 Å².